The molecule has 102 valence electrons. The van der Waals surface area contributed by atoms with Gasteiger partial charge in [-0.15, -0.1) is 0 Å². The number of rotatable bonds is 2. The van der Waals surface area contributed by atoms with Crippen LogP contribution in [0, 0.1) is 0 Å². The molecule has 0 aliphatic carbocycles. The normalized spacial score (nSPS) is 21.1. The predicted octanol–water partition coefficient (Wildman–Crippen LogP) is 0.616. The maximum absolute atomic E-state index is 11.3. The number of amides is 1. The Balaban J connectivity index is 2.08. The molecule has 3 rings (SSSR count). The van der Waals surface area contributed by atoms with Crippen molar-refractivity contribution in [3.05, 3.63) is 53.3 Å². The van der Waals surface area contributed by atoms with E-state index in [9.17, 15) is 4.79 Å². The van der Waals surface area contributed by atoms with E-state index in [1.807, 2.05) is 23.7 Å². The van der Waals surface area contributed by atoms with Gasteiger partial charge >= 0.3 is 0 Å². The predicted molar refractivity (Wildman–Crippen MR) is 75.3 cm³/mol. The average Bonchev–Trinajstić information content (AvgIpc) is 2.87. The molecule has 4 N–H and O–H groups in total. The largest absolute Gasteiger partial charge is 0.382 e. The van der Waals surface area contributed by atoms with Crippen LogP contribution in [0.25, 0.3) is 0 Å². The Labute approximate surface area is 116 Å². The number of aliphatic imine (C=N–C) groups is 1. The Kier molecular flexibility index (Phi) is 2.60. The van der Waals surface area contributed by atoms with Gasteiger partial charge in [-0.25, -0.2) is 0 Å². The summed E-state index contributed by atoms with van der Waals surface area (Å²) in [5.74, 6) is -0.0104. The molecule has 1 aliphatic heterocycles. The van der Waals surface area contributed by atoms with Crippen LogP contribution >= 0.6 is 0 Å². The Morgan fingerprint density at radius 3 is 2.95 bits per heavy atom. The van der Waals surface area contributed by atoms with Gasteiger partial charge in [-0.05, 0) is 30.7 Å². The fraction of sp³-hybridized carbons (Fsp3) is 0.214. The Hall–Kier alpha value is -2.63. The summed E-state index contributed by atoms with van der Waals surface area (Å²) in [7, 11) is 0. The van der Waals surface area contributed by atoms with Crippen molar-refractivity contribution in [2.45, 2.75) is 19.0 Å². The van der Waals surface area contributed by atoms with Crippen molar-refractivity contribution in [2.75, 3.05) is 0 Å². The van der Waals surface area contributed by atoms with Gasteiger partial charge in [-0.3, -0.25) is 14.5 Å². The smallest absolute Gasteiger partial charge is 0.248 e. The maximum Gasteiger partial charge on any atom is 0.248 e. The number of hydrogen-bond acceptors (Lipinski definition) is 4. The summed E-state index contributed by atoms with van der Waals surface area (Å²) in [6.45, 7) is 2.53. The number of fused-ring (bicyclic) bond motifs is 1. The number of amidine groups is 1. The summed E-state index contributed by atoms with van der Waals surface area (Å²) >= 11 is 0. The van der Waals surface area contributed by atoms with Crippen molar-refractivity contribution >= 4 is 11.7 Å². The number of nitrogens with two attached hydrogens (primary N) is 2. The first-order chi connectivity index (χ1) is 9.49. The Morgan fingerprint density at radius 2 is 2.20 bits per heavy atom. The molecule has 1 amide bonds. The van der Waals surface area contributed by atoms with Crippen LogP contribution in [0.2, 0.25) is 0 Å². The second-order valence-electron chi connectivity index (χ2n) is 5.09. The van der Waals surface area contributed by atoms with Crippen molar-refractivity contribution in [3.63, 3.8) is 0 Å². The Bertz CT molecular complexity index is 718. The van der Waals surface area contributed by atoms with E-state index in [0.717, 1.165) is 11.3 Å². The number of nitrogens with zero attached hydrogens (tertiary/aromatic N) is 3. The number of aromatic nitrogens is 2. The van der Waals surface area contributed by atoms with Crippen LogP contribution in [-0.2, 0) is 12.1 Å². The van der Waals surface area contributed by atoms with Crippen LogP contribution in [0.4, 0.5) is 0 Å². The summed E-state index contributed by atoms with van der Waals surface area (Å²) in [6.07, 6.45) is 1.70. The molecule has 0 saturated carbocycles. The van der Waals surface area contributed by atoms with E-state index in [0.29, 0.717) is 17.9 Å². The van der Waals surface area contributed by atoms with Crippen molar-refractivity contribution in [1.82, 2.24) is 9.78 Å². The van der Waals surface area contributed by atoms with Crippen molar-refractivity contribution in [2.24, 2.45) is 16.5 Å². The molecule has 20 heavy (non-hydrogen) atoms. The van der Waals surface area contributed by atoms with Crippen LogP contribution in [0.15, 0.2) is 41.5 Å². The fourth-order valence-corrected chi connectivity index (χ4v) is 2.49. The lowest BCUT2D eigenvalue weighted by Gasteiger charge is -2.31. The molecule has 1 unspecified atom stereocenters. The zero-order valence-corrected chi connectivity index (χ0v) is 11.1. The number of benzene rings is 1. The number of hydrogen-bond donors (Lipinski definition) is 2. The number of carbonyl (C=O) groups is 1. The highest BCUT2D eigenvalue weighted by molar-refractivity contribution is 5.97. The van der Waals surface area contributed by atoms with Gasteiger partial charge in [0.15, 0.2) is 0 Å². The third-order valence-corrected chi connectivity index (χ3v) is 3.57. The van der Waals surface area contributed by atoms with E-state index in [4.69, 9.17) is 11.5 Å². The van der Waals surface area contributed by atoms with Gasteiger partial charge in [-0.2, -0.15) is 5.10 Å². The van der Waals surface area contributed by atoms with Crippen LogP contribution < -0.4 is 11.5 Å². The van der Waals surface area contributed by atoms with Gasteiger partial charge in [0.05, 0.1) is 6.54 Å². The lowest BCUT2D eigenvalue weighted by atomic mass is 9.90. The van der Waals surface area contributed by atoms with Gasteiger partial charge < -0.3 is 11.5 Å². The average molecular weight is 269 g/mol. The second kappa shape index (κ2) is 4.19. The first kappa shape index (κ1) is 12.4. The number of carbonyl (C=O) groups excluding carboxylic acids is 1. The molecule has 6 heteroatoms. The van der Waals surface area contributed by atoms with Crippen LogP contribution in [0.5, 0.6) is 0 Å². The first-order valence-corrected chi connectivity index (χ1v) is 6.27. The fourth-order valence-electron chi connectivity index (χ4n) is 2.49. The molecule has 1 atom stereocenters. The lowest BCUT2D eigenvalue weighted by molar-refractivity contribution is 0.1000. The third kappa shape index (κ3) is 1.85. The van der Waals surface area contributed by atoms with E-state index in [2.05, 4.69) is 10.1 Å². The highest BCUT2D eigenvalue weighted by Gasteiger charge is 2.32. The molecular formula is C14H15N5O. The summed E-state index contributed by atoms with van der Waals surface area (Å²) in [4.78, 5) is 15.9. The van der Waals surface area contributed by atoms with Gasteiger partial charge in [0.2, 0.25) is 5.91 Å². The van der Waals surface area contributed by atoms with Crippen LogP contribution in [-0.4, -0.2) is 21.5 Å². The SMILES string of the molecule is CC1(c2cccc(C(N)=O)c2)Cn2nccc2C(N)=N1. The minimum atomic E-state index is -0.561. The molecule has 0 saturated heterocycles. The monoisotopic (exact) mass is 269 g/mol. The zero-order valence-electron chi connectivity index (χ0n) is 11.1. The van der Waals surface area contributed by atoms with Crippen molar-refractivity contribution < 1.29 is 4.79 Å². The molecule has 6 nitrogen and oxygen atoms in total. The molecule has 1 aromatic heterocycles. The van der Waals surface area contributed by atoms with Gasteiger partial charge in [0.25, 0.3) is 0 Å². The Morgan fingerprint density at radius 1 is 1.40 bits per heavy atom. The van der Waals surface area contributed by atoms with Crippen molar-refractivity contribution in [3.8, 4) is 0 Å². The maximum atomic E-state index is 11.3. The molecular weight excluding hydrogens is 254 g/mol. The first-order valence-electron chi connectivity index (χ1n) is 6.27. The number of primary amides is 1. The molecule has 2 aromatic rings. The molecule has 0 radical (unpaired) electrons. The highest BCUT2D eigenvalue weighted by atomic mass is 16.1. The minimum absolute atomic E-state index is 0.445. The van der Waals surface area contributed by atoms with Crippen molar-refractivity contribution in [1.29, 1.82) is 0 Å². The minimum Gasteiger partial charge on any atom is -0.382 e. The van der Waals surface area contributed by atoms with E-state index in [-0.39, 0.29) is 0 Å². The van der Waals surface area contributed by atoms with E-state index in [1.165, 1.54) is 0 Å². The summed E-state index contributed by atoms with van der Waals surface area (Å²) in [5, 5.41) is 4.25. The third-order valence-electron chi connectivity index (χ3n) is 3.57. The van der Waals surface area contributed by atoms with Gasteiger partial charge in [0, 0.05) is 11.8 Å². The van der Waals surface area contributed by atoms with Crippen LogP contribution in [0.3, 0.4) is 0 Å². The molecule has 1 aliphatic rings. The van der Waals surface area contributed by atoms with E-state index < -0.39 is 11.4 Å². The molecule has 0 fully saturated rings. The van der Waals surface area contributed by atoms with E-state index in [1.54, 1.807) is 24.4 Å². The van der Waals surface area contributed by atoms with Gasteiger partial charge in [-0.1, -0.05) is 12.1 Å². The molecule has 1 aromatic carbocycles. The molecule has 2 heterocycles. The highest BCUT2D eigenvalue weighted by Crippen LogP contribution is 2.31. The summed E-state index contributed by atoms with van der Waals surface area (Å²) < 4.78 is 1.82. The summed E-state index contributed by atoms with van der Waals surface area (Å²) in [5.41, 5.74) is 12.9. The van der Waals surface area contributed by atoms with Crippen LogP contribution in [0.1, 0.15) is 28.5 Å². The quantitative estimate of drug-likeness (QED) is 0.835. The lowest BCUT2D eigenvalue weighted by Crippen LogP contribution is -2.37. The molecule has 0 spiro atoms. The van der Waals surface area contributed by atoms with Gasteiger partial charge in [0.1, 0.15) is 17.1 Å². The summed E-state index contributed by atoms with van der Waals surface area (Å²) in [6, 6.07) is 8.99. The molecule has 0 bridgehead atoms. The topological polar surface area (TPSA) is 99.3 Å². The second-order valence-corrected chi connectivity index (χ2v) is 5.09. The van der Waals surface area contributed by atoms with E-state index >= 15 is 0 Å². The standard InChI is InChI=1S/C14H15N5O/c1-14(10-4-2-3-9(7-10)13(16)20)8-19-11(5-6-17-19)12(15)18-14/h2-7H,8H2,1H3,(H2,15,18)(H2,16,20). The zero-order chi connectivity index (χ0) is 14.3.